The first-order chi connectivity index (χ1) is 15.6. The Labute approximate surface area is 187 Å². The number of hydrazone groups is 1. The number of benzene rings is 2. The van der Waals surface area contributed by atoms with Crippen LogP contribution in [0.4, 0.5) is 0 Å². The van der Waals surface area contributed by atoms with E-state index >= 15 is 0 Å². The molecule has 8 heteroatoms. The first kappa shape index (κ1) is 21.9. The Hall–Kier alpha value is -3.36. The maximum atomic E-state index is 12.8. The molecule has 1 aliphatic heterocycles. The molecule has 1 aliphatic rings. The first-order valence-electron chi connectivity index (χ1n) is 10.5. The summed E-state index contributed by atoms with van der Waals surface area (Å²) < 4.78 is 27.0. The highest BCUT2D eigenvalue weighted by Gasteiger charge is 2.32. The van der Waals surface area contributed by atoms with E-state index in [1.54, 1.807) is 36.5 Å². The van der Waals surface area contributed by atoms with Crippen LogP contribution < -0.4 is 5.43 Å². The number of nitrogens with zero attached hydrogens (tertiary/aromatic N) is 3. The molecule has 0 atom stereocenters. The number of carbonyl (C=O) groups excluding carboxylic acids is 1. The van der Waals surface area contributed by atoms with Crippen molar-refractivity contribution in [1.29, 1.82) is 0 Å². The number of nitrogens with one attached hydrogen (secondary N) is 1. The topological polar surface area (TPSA) is 91.7 Å². The minimum absolute atomic E-state index is 0.217. The molecule has 32 heavy (non-hydrogen) atoms. The van der Waals surface area contributed by atoms with Crippen LogP contribution in [0.2, 0.25) is 0 Å². The zero-order valence-electron chi connectivity index (χ0n) is 17.5. The number of hydrogen-bond acceptors (Lipinski definition) is 5. The van der Waals surface area contributed by atoms with Crippen LogP contribution in [0.25, 0.3) is 0 Å². The minimum atomic E-state index is -3.54. The number of piperidine rings is 1. The van der Waals surface area contributed by atoms with Gasteiger partial charge in [0.15, 0.2) is 0 Å². The van der Waals surface area contributed by atoms with Gasteiger partial charge in [-0.3, -0.25) is 9.78 Å². The summed E-state index contributed by atoms with van der Waals surface area (Å²) in [4.78, 5) is 17.4. The van der Waals surface area contributed by atoms with E-state index in [0.29, 0.717) is 37.3 Å². The summed E-state index contributed by atoms with van der Waals surface area (Å²) in [6, 6.07) is 23.4. The van der Waals surface area contributed by atoms with Crippen molar-refractivity contribution < 1.29 is 13.2 Å². The van der Waals surface area contributed by atoms with Crippen LogP contribution in [0.5, 0.6) is 0 Å². The van der Waals surface area contributed by atoms with Crippen LogP contribution in [-0.2, 0) is 14.8 Å². The maximum absolute atomic E-state index is 12.8. The van der Waals surface area contributed by atoms with E-state index < -0.39 is 10.0 Å². The first-order valence-corrected chi connectivity index (χ1v) is 11.9. The third-order valence-electron chi connectivity index (χ3n) is 5.44. The lowest BCUT2D eigenvalue weighted by Crippen LogP contribution is -2.42. The molecule has 7 nitrogen and oxygen atoms in total. The molecule has 1 amide bonds. The van der Waals surface area contributed by atoms with Gasteiger partial charge in [-0.25, -0.2) is 13.8 Å². The molecule has 0 radical (unpaired) electrons. The Bertz CT molecular complexity index is 1130. The minimum Gasteiger partial charge on any atom is -0.273 e. The molecule has 0 spiro atoms. The van der Waals surface area contributed by atoms with Gasteiger partial charge < -0.3 is 0 Å². The number of hydrogen-bond donors (Lipinski definition) is 1. The van der Waals surface area contributed by atoms with E-state index in [4.69, 9.17) is 0 Å². The largest absolute Gasteiger partial charge is 0.273 e. The van der Waals surface area contributed by atoms with Crippen LogP contribution >= 0.6 is 0 Å². The van der Waals surface area contributed by atoms with E-state index in [2.05, 4.69) is 15.5 Å². The van der Waals surface area contributed by atoms with Gasteiger partial charge in [-0.15, -0.1) is 0 Å². The van der Waals surface area contributed by atoms with Crippen LogP contribution in [0.15, 0.2) is 95.1 Å². The van der Waals surface area contributed by atoms with Crippen LogP contribution in [0.1, 0.15) is 24.1 Å². The molecule has 0 bridgehead atoms. The Balaban J connectivity index is 1.43. The van der Waals surface area contributed by atoms with Crippen molar-refractivity contribution in [3.8, 4) is 0 Å². The molecule has 1 saturated heterocycles. The van der Waals surface area contributed by atoms with E-state index in [9.17, 15) is 13.2 Å². The lowest BCUT2D eigenvalue weighted by atomic mass is 9.98. The van der Waals surface area contributed by atoms with Crippen molar-refractivity contribution >= 4 is 21.6 Å². The van der Waals surface area contributed by atoms with Gasteiger partial charge in [0.05, 0.1) is 10.6 Å². The molecule has 0 saturated carbocycles. The summed E-state index contributed by atoms with van der Waals surface area (Å²) in [6.45, 7) is 0.593. The van der Waals surface area contributed by atoms with Crippen molar-refractivity contribution in [2.45, 2.75) is 17.7 Å². The van der Waals surface area contributed by atoms with Gasteiger partial charge in [0.25, 0.3) is 0 Å². The van der Waals surface area contributed by atoms with Crippen molar-refractivity contribution in [1.82, 2.24) is 14.7 Å². The Morgan fingerprint density at radius 1 is 0.906 bits per heavy atom. The molecular formula is C24H24N4O3S. The third kappa shape index (κ3) is 4.92. The van der Waals surface area contributed by atoms with Gasteiger partial charge in [-0.05, 0) is 37.1 Å². The Kier molecular flexibility index (Phi) is 6.72. The lowest BCUT2D eigenvalue weighted by molar-refractivity contribution is -0.126. The quantitative estimate of drug-likeness (QED) is 0.463. The van der Waals surface area contributed by atoms with Gasteiger partial charge in [-0.1, -0.05) is 54.6 Å². The molecule has 3 aromatic rings. The number of rotatable bonds is 6. The molecule has 1 aromatic heterocycles. The van der Waals surface area contributed by atoms with Crippen molar-refractivity contribution in [3.63, 3.8) is 0 Å². The Morgan fingerprint density at radius 3 is 2.16 bits per heavy atom. The highest BCUT2D eigenvalue weighted by Crippen LogP contribution is 2.24. The summed E-state index contributed by atoms with van der Waals surface area (Å²) in [5, 5.41) is 4.38. The Morgan fingerprint density at radius 2 is 1.53 bits per heavy atom. The van der Waals surface area contributed by atoms with Crippen molar-refractivity contribution in [2.75, 3.05) is 13.1 Å². The van der Waals surface area contributed by atoms with Gasteiger partial charge in [0.1, 0.15) is 5.71 Å². The second-order valence-corrected chi connectivity index (χ2v) is 9.45. The SMILES string of the molecule is O=C(N/N=C(/c1ccccc1)c1ccccn1)C1CCN(S(=O)(=O)c2ccccc2)CC1. The van der Waals surface area contributed by atoms with E-state index in [0.717, 1.165) is 5.56 Å². The maximum Gasteiger partial charge on any atom is 0.243 e. The van der Waals surface area contributed by atoms with Crippen molar-refractivity contribution in [3.05, 3.63) is 96.3 Å². The molecule has 0 unspecified atom stereocenters. The number of carbonyl (C=O) groups is 1. The fourth-order valence-electron chi connectivity index (χ4n) is 3.67. The fraction of sp³-hybridized carbons (Fsp3) is 0.208. The number of aromatic nitrogens is 1. The molecule has 4 rings (SSSR count). The van der Waals surface area contributed by atoms with Crippen LogP contribution in [0, 0.1) is 5.92 Å². The lowest BCUT2D eigenvalue weighted by Gasteiger charge is -2.30. The highest BCUT2D eigenvalue weighted by molar-refractivity contribution is 7.89. The second kappa shape index (κ2) is 9.84. The van der Waals surface area contributed by atoms with E-state index in [1.807, 2.05) is 48.5 Å². The molecule has 2 heterocycles. The zero-order valence-corrected chi connectivity index (χ0v) is 18.3. The van der Waals surface area contributed by atoms with Crippen LogP contribution in [-0.4, -0.2) is 42.4 Å². The van der Waals surface area contributed by atoms with E-state index in [1.165, 1.54) is 4.31 Å². The average Bonchev–Trinajstić information content (AvgIpc) is 2.86. The summed E-state index contributed by atoms with van der Waals surface area (Å²) in [6.07, 6.45) is 2.56. The molecule has 1 N–H and O–H groups in total. The van der Waals surface area contributed by atoms with E-state index in [-0.39, 0.29) is 16.7 Å². The fourth-order valence-corrected chi connectivity index (χ4v) is 5.16. The highest BCUT2D eigenvalue weighted by atomic mass is 32.2. The average molecular weight is 449 g/mol. The normalized spacial score (nSPS) is 15.9. The summed E-state index contributed by atoms with van der Waals surface area (Å²) in [7, 11) is -3.54. The molecule has 0 aliphatic carbocycles. The second-order valence-electron chi connectivity index (χ2n) is 7.51. The summed E-state index contributed by atoms with van der Waals surface area (Å²) in [5.74, 6) is -0.521. The predicted molar refractivity (Wildman–Crippen MR) is 122 cm³/mol. The zero-order chi connectivity index (χ0) is 22.4. The van der Waals surface area contributed by atoms with Gasteiger partial charge >= 0.3 is 0 Å². The number of amides is 1. The number of sulfonamides is 1. The summed E-state index contributed by atoms with van der Waals surface area (Å²) >= 11 is 0. The molecule has 2 aromatic carbocycles. The molecule has 1 fully saturated rings. The van der Waals surface area contributed by atoms with Crippen molar-refractivity contribution in [2.24, 2.45) is 11.0 Å². The van der Waals surface area contributed by atoms with Crippen LogP contribution in [0.3, 0.4) is 0 Å². The molecular weight excluding hydrogens is 424 g/mol. The van der Waals surface area contributed by atoms with Gasteiger partial charge in [0, 0.05) is 30.8 Å². The monoisotopic (exact) mass is 448 g/mol. The smallest absolute Gasteiger partial charge is 0.243 e. The number of pyridine rings is 1. The standard InChI is InChI=1S/C24H24N4O3S/c29-24(20-14-17-28(18-15-20)32(30,31)21-11-5-2-6-12-21)27-26-23(19-9-3-1-4-10-19)22-13-7-8-16-25-22/h1-13,16,20H,14-15,17-18H2,(H,27,29)/b26-23-. The summed E-state index contributed by atoms with van der Waals surface area (Å²) in [5.41, 5.74) is 4.75. The predicted octanol–water partition coefficient (Wildman–Crippen LogP) is 3.05. The van der Waals surface area contributed by atoms with Gasteiger partial charge in [-0.2, -0.15) is 9.41 Å². The van der Waals surface area contributed by atoms with Gasteiger partial charge in [0.2, 0.25) is 15.9 Å². The molecule has 164 valence electrons. The third-order valence-corrected chi connectivity index (χ3v) is 7.35.